The highest BCUT2D eigenvalue weighted by atomic mass is 32.2. The monoisotopic (exact) mass is 469 g/mol. The van der Waals surface area contributed by atoms with Gasteiger partial charge >= 0.3 is 0 Å². The van der Waals surface area contributed by atoms with E-state index in [0.29, 0.717) is 23.6 Å². The molecule has 0 atom stereocenters. The summed E-state index contributed by atoms with van der Waals surface area (Å²) in [5, 5.41) is 10.9. The fraction of sp³-hybridized carbons (Fsp3) is 0.136. The van der Waals surface area contributed by atoms with Gasteiger partial charge in [-0.05, 0) is 48.0 Å². The van der Waals surface area contributed by atoms with Crippen molar-refractivity contribution in [3.63, 3.8) is 0 Å². The number of nitro groups is 1. The number of carbonyl (C=O) groups excluding carboxylic acids is 1. The number of rotatable bonds is 7. The van der Waals surface area contributed by atoms with Crippen molar-refractivity contribution < 1.29 is 27.6 Å². The minimum absolute atomic E-state index is 0.171. The normalized spacial score (nSPS) is 12.3. The SMILES string of the molecule is CN(Cc1ccc2c(c1)OCO2)C(=O)c1ccc(NS(=O)(=O)c2cccc([N+](=O)[O-])c2)cc1. The van der Waals surface area contributed by atoms with Crippen LogP contribution in [0.4, 0.5) is 11.4 Å². The highest BCUT2D eigenvalue weighted by molar-refractivity contribution is 7.92. The van der Waals surface area contributed by atoms with Gasteiger partial charge in [-0.25, -0.2) is 8.42 Å². The topological polar surface area (TPSA) is 128 Å². The van der Waals surface area contributed by atoms with Gasteiger partial charge in [0, 0.05) is 37.0 Å². The second-order valence-electron chi connectivity index (χ2n) is 7.29. The van der Waals surface area contributed by atoms with Gasteiger partial charge in [0.05, 0.1) is 9.82 Å². The highest BCUT2D eigenvalue weighted by Crippen LogP contribution is 2.32. The molecule has 3 aromatic carbocycles. The summed E-state index contributed by atoms with van der Waals surface area (Å²) in [6, 6.07) is 16.1. The molecule has 170 valence electrons. The number of hydrogen-bond acceptors (Lipinski definition) is 7. The van der Waals surface area contributed by atoms with Crippen LogP contribution in [0.5, 0.6) is 11.5 Å². The fourth-order valence-corrected chi connectivity index (χ4v) is 4.36. The number of amides is 1. The van der Waals surface area contributed by atoms with Crippen molar-refractivity contribution in [1.82, 2.24) is 4.90 Å². The third-order valence-electron chi connectivity index (χ3n) is 4.93. The van der Waals surface area contributed by atoms with Crippen molar-refractivity contribution in [2.24, 2.45) is 0 Å². The van der Waals surface area contributed by atoms with Crippen molar-refractivity contribution in [3.8, 4) is 11.5 Å². The Kier molecular flexibility index (Phi) is 5.88. The largest absolute Gasteiger partial charge is 0.454 e. The predicted molar refractivity (Wildman–Crippen MR) is 119 cm³/mol. The summed E-state index contributed by atoms with van der Waals surface area (Å²) in [4.78, 5) is 24.3. The lowest BCUT2D eigenvalue weighted by Gasteiger charge is -2.18. The molecule has 0 saturated carbocycles. The summed E-state index contributed by atoms with van der Waals surface area (Å²) in [6.07, 6.45) is 0. The first-order chi connectivity index (χ1) is 15.7. The predicted octanol–water partition coefficient (Wildman–Crippen LogP) is 3.40. The lowest BCUT2D eigenvalue weighted by molar-refractivity contribution is -0.385. The first-order valence-electron chi connectivity index (χ1n) is 9.74. The first kappa shape index (κ1) is 22.1. The standard InChI is InChI=1S/C22H19N3O7S/c1-24(13-15-5-10-20-21(11-15)32-14-31-20)22(26)16-6-8-17(9-7-16)23-33(29,30)19-4-2-3-18(12-19)25(27)28/h2-12,23H,13-14H2,1H3. The van der Waals surface area contributed by atoms with Crippen LogP contribution in [-0.2, 0) is 16.6 Å². The van der Waals surface area contributed by atoms with Crippen LogP contribution in [0, 0.1) is 10.1 Å². The van der Waals surface area contributed by atoms with E-state index in [1.807, 2.05) is 12.1 Å². The molecule has 0 bridgehead atoms. The molecule has 1 aliphatic rings. The highest BCUT2D eigenvalue weighted by Gasteiger charge is 2.19. The van der Waals surface area contributed by atoms with E-state index in [2.05, 4.69) is 4.72 Å². The van der Waals surface area contributed by atoms with E-state index in [9.17, 15) is 23.3 Å². The number of non-ortho nitro benzene ring substituents is 1. The van der Waals surface area contributed by atoms with Gasteiger partial charge in [0.1, 0.15) is 0 Å². The molecular weight excluding hydrogens is 450 g/mol. The zero-order valence-corrected chi connectivity index (χ0v) is 18.2. The molecule has 1 aliphatic heterocycles. The van der Waals surface area contributed by atoms with Crippen molar-refractivity contribution in [2.45, 2.75) is 11.4 Å². The molecule has 11 heteroatoms. The van der Waals surface area contributed by atoms with Crippen LogP contribution in [0.15, 0.2) is 71.6 Å². The molecule has 0 unspecified atom stereocenters. The summed E-state index contributed by atoms with van der Waals surface area (Å²) in [5.74, 6) is 1.05. The second-order valence-corrected chi connectivity index (χ2v) is 8.97. The Morgan fingerprint density at radius 2 is 1.79 bits per heavy atom. The molecule has 0 fully saturated rings. The Balaban J connectivity index is 1.43. The lowest BCUT2D eigenvalue weighted by atomic mass is 10.1. The number of nitro benzene ring substituents is 1. The van der Waals surface area contributed by atoms with Gasteiger partial charge in [0.15, 0.2) is 11.5 Å². The number of ether oxygens (including phenoxy) is 2. The molecule has 1 heterocycles. The third kappa shape index (κ3) is 4.88. The summed E-state index contributed by atoms with van der Waals surface area (Å²) in [6.45, 7) is 0.515. The van der Waals surface area contributed by atoms with Crippen molar-refractivity contribution in [2.75, 3.05) is 18.6 Å². The molecule has 0 spiro atoms. The molecule has 0 aliphatic carbocycles. The van der Waals surface area contributed by atoms with Gasteiger partial charge in [-0.15, -0.1) is 0 Å². The van der Waals surface area contributed by atoms with E-state index in [4.69, 9.17) is 9.47 Å². The van der Waals surface area contributed by atoms with Gasteiger partial charge in [0.25, 0.3) is 21.6 Å². The third-order valence-corrected chi connectivity index (χ3v) is 6.31. The Morgan fingerprint density at radius 3 is 2.52 bits per heavy atom. The number of fused-ring (bicyclic) bond motifs is 1. The van der Waals surface area contributed by atoms with Crippen LogP contribution in [0.25, 0.3) is 0 Å². The van der Waals surface area contributed by atoms with Gasteiger partial charge in [-0.1, -0.05) is 12.1 Å². The van der Waals surface area contributed by atoms with Crippen molar-refractivity contribution in [1.29, 1.82) is 0 Å². The van der Waals surface area contributed by atoms with Gasteiger partial charge in [-0.3, -0.25) is 19.6 Å². The van der Waals surface area contributed by atoms with Crippen molar-refractivity contribution >= 4 is 27.3 Å². The average molecular weight is 469 g/mol. The number of nitrogens with zero attached hydrogens (tertiary/aromatic N) is 2. The number of anilines is 1. The number of benzene rings is 3. The maximum Gasteiger partial charge on any atom is 0.270 e. The quantitative estimate of drug-likeness (QED) is 0.415. The van der Waals surface area contributed by atoms with Crippen LogP contribution in [0.2, 0.25) is 0 Å². The summed E-state index contributed by atoms with van der Waals surface area (Å²) in [7, 11) is -2.38. The van der Waals surface area contributed by atoms with Crippen LogP contribution < -0.4 is 14.2 Å². The maximum atomic E-state index is 12.8. The van der Waals surface area contributed by atoms with Gasteiger partial charge in [-0.2, -0.15) is 0 Å². The molecule has 1 amide bonds. The molecular formula is C22H19N3O7S. The number of nitrogens with one attached hydrogen (secondary N) is 1. The minimum Gasteiger partial charge on any atom is -0.454 e. The molecule has 33 heavy (non-hydrogen) atoms. The molecule has 1 N–H and O–H groups in total. The van der Waals surface area contributed by atoms with Gasteiger partial charge < -0.3 is 14.4 Å². The minimum atomic E-state index is -4.04. The van der Waals surface area contributed by atoms with E-state index in [1.165, 1.54) is 47.4 Å². The van der Waals surface area contributed by atoms with E-state index in [0.717, 1.165) is 11.6 Å². The number of hydrogen-bond donors (Lipinski definition) is 1. The Bertz CT molecular complexity index is 1320. The fourth-order valence-electron chi connectivity index (χ4n) is 3.26. The average Bonchev–Trinajstić information content (AvgIpc) is 3.27. The first-order valence-corrected chi connectivity index (χ1v) is 11.2. The molecule has 0 radical (unpaired) electrons. The molecule has 4 rings (SSSR count). The Hall–Kier alpha value is -4.12. The summed E-state index contributed by atoms with van der Waals surface area (Å²) < 4.78 is 38.1. The van der Waals surface area contributed by atoms with Crippen molar-refractivity contribution in [3.05, 3.63) is 88.0 Å². The second kappa shape index (κ2) is 8.79. The summed E-state index contributed by atoms with van der Waals surface area (Å²) >= 11 is 0. The van der Waals surface area contributed by atoms with Crippen LogP contribution in [-0.4, -0.2) is 38.0 Å². The molecule has 0 saturated heterocycles. The van der Waals surface area contributed by atoms with Crippen LogP contribution in [0.3, 0.4) is 0 Å². The van der Waals surface area contributed by atoms with E-state index in [1.54, 1.807) is 13.1 Å². The number of sulfonamides is 1. The zero-order valence-electron chi connectivity index (χ0n) is 17.4. The van der Waals surface area contributed by atoms with E-state index >= 15 is 0 Å². The van der Waals surface area contributed by atoms with E-state index in [-0.39, 0.29) is 29.0 Å². The smallest absolute Gasteiger partial charge is 0.270 e. The maximum absolute atomic E-state index is 12.8. The molecule has 3 aromatic rings. The molecule has 0 aromatic heterocycles. The van der Waals surface area contributed by atoms with E-state index < -0.39 is 14.9 Å². The lowest BCUT2D eigenvalue weighted by Crippen LogP contribution is -2.26. The number of carbonyl (C=O) groups is 1. The Morgan fingerprint density at radius 1 is 1.06 bits per heavy atom. The summed E-state index contributed by atoms with van der Waals surface area (Å²) in [5.41, 5.74) is 1.13. The van der Waals surface area contributed by atoms with Crippen LogP contribution in [0.1, 0.15) is 15.9 Å². The molecule has 10 nitrogen and oxygen atoms in total. The van der Waals surface area contributed by atoms with Gasteiger partial charge in [0.2, 0.25) is 6.79 Å². The zero-order chi connectivity index (χ0) is 23.6. The van der Waals surface area contributed by atoms with Crippen LogP contribution >= 0.6 is 0 Å². The Labute approximate surface area is 189 Å².